The topological polar surface area (TPSA) is 59.9 Å². The molecular formula is C8H6ClF5N4O. The monoisotopic (exact) mass is 304 g/mol. The molecule has 0 unspecified atom stereocenters. The molecule has 0 fully saturated rings. The van der Waals surface area contributed by atoms with Gasteiger partial charge in [-0.2, -0.15) is 28.1 Å². The third kappa shape index (κ3) is 5.20. The number of aromatic nitrogens is 3. The van der Waals surface area contributed by atoms with E-state index in [0.29, 0.717) is 0 Å². The van der Waals surface area contributed by atoms with Crippen LogP contribution in [-0.4, -0.2) is 27.1 Å². The third-order valence-corrected chi connectivity index (χ3v) is 1.56. The molecule has 1 heterocycles. The Kier molecular flexibility index (Phi) is 4.45. The van der Waals surface area contributed by atoms with E-state index in [1.165, 1.54) is 6.08 Å². The van der Waals surface area contributed by atoms with Gasteiger partial charge in [0.05, 0.1) is 0 Å². The summed E-state index contributed by atoms with van der Waals surface area (Å²) in [5.41, 5.74) is -4.24. The third-order valence-electron chi connectivity index (χ3n) is 1.48. The zero-order chi connectivity index (χ0) is 14.7. The number of hydrogen-bond acceptors (Lipinski definition) is 5. The summed E-state index contributed by atoms with van der Waals surface area (Å²) >= 11 is 4.42. The average Bonchev–Trinajstić information content (AvgIpc) is 2.22. The molecule has 0 aliphatic heterocycles. The molecule has 5 nitrogen and oxygen atoms in total. The van der Waals surface area contributed by atoms with Gasteiger partial charge in [0.25, 0.3) is 0 Å². The molecule has 0 spiro atoms. The predicted octanol–water partition coefficient (Wildman–Crippen LogP) is 2.66. The maximum atomic E-state index is 12.4. The molecule has 0 saturated carbocycles. The lowest BCUT2D eigenvalue weighted by Gasteiger charge is -2.12. The SMILES string of the molecule is C=CCNc1nc(OC(F)(F)Cl)nc(C(F)(F)F)n1. The first-order chi connectivity index (χ1) is 8.62. The standard InChI is InChI=1S/C8H6ClF5N4O/c1-2-3-15-5-16-4(7(10,11)12)17-6(18-5)19-8(9,13)14/h2H,1,3H2,(H,15,16,17,18). The Bertz CT molecular complexity index is 461. The van der Waals surface area contributed by atoms with Gasteiger partial charge >= 0.3 is 17.8 Å². The van der Waals surface area contributed by atoms with Gasteiger partial charge < -0.3 is 10.1 Å². The molecule has 1 N–H and O–H groups in total. The highest BCUT2D eigenvalue weighted by molar-refractivity contribution is 6.20. The average molecular weight is 305 g/mol. The zero-order valence-corrected chi connectivity index (χ0v) is 9.77. The van der Waals surface area contributed by atoms with E-state index in [1.807, 2.05) is 0 Å². The van der Waals surface area contributed by atoms with Crippen molar-refractivity contribution in [3.05, 3.63) is 18.5 Å². The van der Waals surface area contributed by atoms with Gasteiger partial charge in [-0.1, -0.05) is 6.08 Å². The fourth-order valence-electron chi connectivity index (χ4n) is 0.875. The Morgan fingerprint density at radius 1 is 1.21 bits per heavy atom. The fourth-order valence-corrected chi connectivity index (χ4v) is 0.944. The number of nitrogens with zero attached hydrogens (tertiary/aromatic N) is 3. The van der Waals surface area contributed by atoms with Crippen LogP contribution in [0.5, 0.6) is 6.01 Å². The van der Waals surface area contributed by atoms with Crippen LogP contribution in [0.25, 0.3) is 0 Å². The molecule has 11 heteroatoms. The fraction of sp³-hybridized carbons (Fsp3) is 0.375. The second-order valence-corrected chi connectivity index (χ2v) is 3.42. The van der Waals surface area contributed by atoms with Crippen LogP contribution < -0.4 is 10.1 Å². The van der Waals surface area contributed by atoms with Crippen LogP contribution in [-0.2, 0) is 6.18 Å². The Morgan fingerprint density at radius 2 is 1.84 bits per heavy atom. The lowest BCUT2D eigenvalue weighted by molar-refractivity contribution is -0.147. The summed E-state index contributed by atoms with van der Waals surface area (Å²) in [5.74, 6) is -2.29. The molecular weight excluding hydrogens is 299 g/mol. The van der Waals surface area contributed by atoms with Crippen molar-refractivity contribution in [2.75, 3.05) is 11.9 Å². The van der Waals surface area contributed by atoms with Gasteiger partial charge in [-0.3, -0.25) is 0 Å². The molecule has 19 heavy (non-hydrogen) atoms. The molecule has 0 aromatic carbocycles. The summed E-state index contributed by atoms with van der Waals surface area (Å²) in [6.45, 7) is 3.31. The molecule has 0 bridgehead atoms. The molecule has 0 radical (unpaired) electrons. The van der Waals surface area contributed by atoms with Crippen LogP contribution in [0.3, 0.4) is 0 Å². The number of hydrogen-bond donors (Lipinski definition) is 1. The van der Waals surface area contributed by atoms with Gasteiger partial charge in [-0.05, 0) is 0 Å². The van der Waals surface area contributed by atoms with Crippen molar-refractivity contribution in [3.8, 4) is 6.01 Å². The lowest BCUT2D eigenvalue weighted by Crippen LogP contribution is -2.21. The molecule has 0 aliphatic carbocycles. The summed E-state index contributed by atoms with van der Waals surface area (Å²) in [6.07, 6.45) is -3.65. The van der Waals surface area contributed by atoms with E-state index < -0.39 is 29.5 Å². The van der Waals surface area contributed by atoms with Crippen molar-refractivity contribution in [2.45, 2.75) is 11.7 Å². The van der Waals surface area contributed by atoms with E-state index in [-0.39, 0.29) is 6.54 Å². The minimum atomic E-state index is -4.95. The number of alkyl halides is 6. The van der Waals surface area contributed by atoms with Crippen molar-refractivity contribution < 1.29 is 26.7 Å². The predicted molar refractivity (Wildman–Crippen MR) is 54.9 cm³/mol. The lowest BCUT2D eigenvalue weighted by atomic mass is 10.6. The Balaban J connectivity index is 3.12. The molecule has 1 aromatic heterocycles. The minimum absolute atomic E-state index is 0.0119. The van der Waals surface area contributed by atoms with Gasteiger partial charge in [-0.25, -0.2) is 0 Å². The highest BCUT2D eigenvalue weighted by atomic mass is 35.5. The summed E-state index contributed by atoms with van der Waals surface area (Å²) in [4.78, 5) is 8.90. The first-order valence-corrected chi connectivity index (χ1v) is 4.93. The summed E-state index contributed by atoms with van der Waals surface area (Å²) in [6, 6.07) is -1.26. The normalized spacial score (nSPS) is 12.1. The maximum absolute atomic E-state index is 12.4. The second kappa shape index (κ2) is 5.51. The summed E-state index contributed by atoms with van der Waals surface area (Å²) in [5, 5.41) is 2.28. The highest BCUT2D eigenvalue weighted by Crippen LogP contribution is 2.29. The molecule has 1 aromatic rings. The minimum Gasteiger partial charge on any atom is -0.385 e. The summed E-state index contributed by atoms with van der Waals surface area (Å²) in [7, 11) is 0. The molecule has 0 saturated heterocycles. The Labute approximate surface area is 108 Å². The number of rotatable bonds is 5. The van der Waals surface area contributed by atoms with Gasteiger partial charge in [0, 0.05) is 18.1 Å². The number of nitrogens with one attached hydrogen (secondary N) is 1. The quantitative estimate of drug-likeness (QED) is 0.515. The van der Waals surface area contributed by atoms with Crippen molar-refractivity contribution in [2.24, 2.45) is 0 Å². The molecule has 106 valence electrons. The van der Waals surface area contributed by atoms with Gasteiger partial charge in [0.2, 0.25) is 11.8 Å². The van der Waals surface area contributed by atoms with E-state index in [1.54, 1.807) is 0 Å². The summed E-state index contributed by atoms with van der Waals surface area (Å²) < 4.78 is 65.6. The van der Waals surface area contributed by atoms with Crippen LogP contribution in [0, 0.1) is 0 Å². The zero-order valence-electron chi connectivity index (χ0n) is 9.01. The number of ether oxygens (including phenoxy) is 1. The van der Waals surface area contributed by atoms with Crippen LogP contribution in [0.2, 0.25) is 0 Å². The molecule has 1 rings (SSSR count). The van der Waals surface area contributed by atoms with Gasteiger partial charge in [0.1, 0.15) is 0 Å². The van der Waals surface area contributed by atoms with Crippen LogP contribution >= 0.6 is 11.6 Å². The van der Waals surface area contributed by atoms with E-state index >= 15 is 0 Å². The molecule has 0 amide bonds. The maximum Gasteiger partial charge on any atom is 0.489 e. The van der Waals surface area contributed by atoms with Crippen molar-refractivity contribution in [1.82, 2.24) is 15.0 Å². The van der Waals surface area contributed by atoms with E-state index in [9.17, 15) is 22.0 Å². The molecule has 0 aliphatic rings. The van der Waals surface area contributed by atoms with Crippen LogP contribution in [0.1, 0.15) is 5.82 Å². The Morgan fingerprint density at radius 3 is 2.32 bits per heavy atom. The first kappa shape index (κ1) is 15.3. The largest absolute Gasteiger partial charge is 0.489 e. The first-order valence-electron chi connectivity index (χ1n) is 4.55. The van der Waals surface area contributed by atoms with Gasteiger partial charge in [-0.15, -0.1) is 15.4 Å². The van der Waals surface area contributed by atoms with Crippen LogP contribution in [0.15, 0.2) is 12.7 Å². The Hall–Kier alpha value is -1.71. The van der Waals surface area contributed by atoms with E-state index in [4.69, 9.17) is 0 Å². The van der Waals surface area contributed by atoms with Crippen molar-refractivity contribution >= 4 is 17.5 Å². The van der Waals surface area contributed by atoms with E-state index in [0.717, 1.165) is 0 Å². The highest BCUT2D eigenvalue weighted by Gasteiger charge is 2.37. The number of anilines is 1. The van der Waals surface area contributed by atoms with Gasteiger partial charge in [0.15, 0.2) is 0 Å². The van der Waals surface area contributed by atoms with Crippen molar-refractivity contribution in [3.63, 3.8) is 0 Å². The number of halogens is 6. The second-order valence-electron chi connectivity index (χ2n) is 2.98. The molecule has 0 atom stereocenters. The van der Waals surface area contributed by atoms with E-state index in [2.05, 4.69) is 43.2 Å². The van der Waals surface area contributed by atoms with Crippen molar-refractivity contribution in [1.29, 1.82) is 0 Å². The smallest absolute Gasteiger partial charge is 0.385 e. The van der Waals surface area contributed by atoms with Crippen LogP contribution in [0.4, 0.5) is 27.9 Å².